The van der Waals surface area contributed by atoms with Crippen molar-refractivity contribution in [1.29, 1.82) is 0 Å². The molecule has 8 heteroatoms. The number of amides is 2. The van der Waals surface area contributed by atoms with E-state index in [0.29, 0.717) is 38.7 Å². The highest BCUT2D eigenvalue weighted by atomic mass is 32.1. The van der Waals surface area contributed by atoms with Gasteiger partial charge >= 0.3 is 6.09 Å². The zero-order valence-electron chi connectivity index (χ0n) is 15.8. The molecule has 3 heterocycles. The maximum atomic E-state index is 12.9. The molecule has 0 saturated carbocycles. The van der Waals surface area contributed by atoms with E-state index >= 15 is 0 Å². The zero-order chi connectivity index (χ0) is 18.8. The van der Waals surface area contributed by atoms with Gasteiger partial charge in [-0.15, -0.1) is 11.3 Å². The molecule has 0 aliphatic carbocycles. The fourth-order valence-corrected chi connectivity index (χ4v) is 4.19. The minimum absolute atomic E-state index is 0.0306. The third-order valence-electron chi connectivity index (χ3n) is 4.49. The molecule has 0 bridgehead atoms. The quantitative estimate of drug-likeness (QED) is 0.824. The van der Waals surface area contributed by atoms with E-state index in [1.54, 1.807) is 4.90 Å². The predicted octanol–water partition coefficient (Wildman–Crippen LogP) is 2.88. The average molecular weight is 378 g/mol. The monoisotopic (exact) mass is 378 g/mol. The van der Waals surface area contributed by atoms with Gasteiger partial charge < -0.3 is 14.5 Å². The van der Waals surface area contributed by atoms with Crippen molar-refractivity contribution in [3.63, 3.8) is 0 Å². The first-order chi connectivity index (χ1) is 12.4. The highest BCUT2D eigenvalue weighted by Gasteiger charge is 2.25. The van der Waals surface area contributed by atoms with Crippen LogP contribution in [0.1, 0.15) is 35.6 Å². The van der Waals surface area contributed by atoms with Gasteiger partial charge in [0, 0.05) is 38.6 Å². The van der Waals surface area contributed by atoms with E-state index in [0.717, 1.165) is 27.2 Å². The molecule has 1 saturated heterocycles. The number of aryl methyl sites for hydroxylation is 2. The van der Waals surface area contributed by atoms with E-state index in [1.807, 2.05) is 43.5 Å². The summed E-state index contributed by atoms with van der Waals surface area (Å²) in [6.45, 7) is 8.71. The first-order valence-corrected chi connectivity index (χ1v) is 9.82. The smallest absolute Gasteiger partial charge is 0.409 e. The summed E-state index contributed by atoms with van der Waals surface area (Å²) in [5.74, 6) is 0.345. The van der Waals surface area contributed by atoms with Crippen LogP contribution >= 0.6 is 11.3 Å². The van der Waals surface area contributed by atoms with Crippen molar-refractivity contribution in [3.8, 4) is 0 Å². The second-order valence-corrected chi connectivity index (χ2v) is 8.17. The van der Waals surface area contributed by atoms with Crippen molar-refractivity contribution < 1.29 is 14.3 Å². The number of hydrogen-bond donors (Lipinski definition) is 0. The Morgan fingerprint density at radius 3 is 2.62 bits per heavy atom. The minimum atomic E-state index is -0.281. The van der Waals surface area contributed by atoms with E-state index in [2.05, 4.69) is 5.10 Å². The molecule has 0 atom stereocenters. The predicted molar refractivity (Wildman–Crippen MR) is 102 cm³/mol. The molecule has 0 radical (unpaired) electrons. The second kappa shape index (κ2) is 7.65. The van der Waals surface area contributed by atoms with Crippen LogP contribution in [0.25, 0.3) is 10.2 Å². The van der Waals surface area contributed by atoms with E-state index < -0.39 is 0 Å². The summed E-state index contributed by atoms with van der Waals surface area (Å²) in [5, 5.41) is 5.42. The van der Waals surface area contributed by atoms with Crippen molar-refractivity contribution in [1.82, 2.24) is 19.6 Å². The molecule has 0 unspecified atom stereocenters. The van der Waals surface area contributed by atoms with Gasteiger partial charge in [-0.2, -0.15) is 5.10 Å². The van der Waals surface area contributed by atoms with Crippen molar-refractivity contribution in [2.24, 2.45) is 13.0 Å². The number of carbonyl (C=O) groups excluding carboxylic acids is 2. The number of fused-ring (bicyclic) bond motifs is 1. The maximum absolute atomic E-state index is 12.9. The van der Waals surface area contributed by atoms with Crippen LogP contribution in [-0.4, -0.2) is 64.4 Å². The summed E-state index contributed by atoms with van der Waals surface area (Å²) in [6.07, 6.45) is 0.477. The molecule has 3 rings (SSSR count). The Morgan fingerprint density at radius 1 is 1.23 bits per heavy atom. The fraction of sp³-hybridized carbons (Fsp3) is 0.611. The van der Waals surface area contributed by atoms with Gasteiger partial charge in [-0.25, -0.2) is 4.79 Å². The molecule has 2 aromatic rings. The lowest BCUT2D eigenvalue weighted by molar-refractivity contribution is 0.0751. The van der Waals surface area contributed by atoms with Gasteiger partial charge in [0.2, 0.25) is 0 Å². The molecular weight excluding hydrogens is 352 g/mol. The van der Waals surface area contributed by atoms with Crippen LogP contribution in [0.4, 0.5) is 4.79 Å². The molecular formula is C18H26N4O3S. The minimum Gasteiger partial charge on any atom is -0.449 e. The summed E-state index contributed by atoms with van der Waals surface area (Å²) in [7, 11) is 1.90. The lowest BCUT2D eigenvalue weighted by Crippen LogP contribution is -2.37. The highest BCUT2D eigenvalue weighted by molar-refractivity contribution is 7.20. The molecule has 1 fully saturated rings. The number of aromatic nitrogens is 2. The zero-order valence-corrected chi connectivity index (χ0v) is 16.6. The van der Waals surface area contributed by atoms with E-state index in [9.17, 15) is 9.59 Å². The van der Waals surface area contributed by atoms with Gasteiger partial charge in [0.1, 0.15) is 4.83 Å². The largest absolute Gasteiger partial charge is 0.449 e. The molecule has 7 nitrogen and oxygen atoms in total. The summed E-state index contributed by atoms with van der Waals surface area (Å²) < 4.78 is 7.13. The Kier molecular flexibility index (Phi) is 5.50. The first kappa shape index (κ1) is 18.7. The van der Waals surface area contributed by atoms with Crippen molar-refractivity contribution in [2.45, 2.75) is 27.2 Å². The standard InChI is InChI=1S/C18H26N4O3S/c1-12(2)11-25-18(24)22-7-5-6-21(8-9-22)16(23)15-10-14-13(3)19-20(4)17(14)26-15/h10,12H,5-9,11H2,1-4H3. The Bertz CT molecular complexity index is 776. The molecule has 26 heavy (non-hydrogen) atoms. The summed E-state index contributed by atoms with van der Waals surface area (Å²) >= 11 is 1.48. The van der Waals surface area contributed by atoms with Crippen LogP contribution in [0.3, 0.4) is 0 Å². The summed E-state index contributed by atoms with van der Waals surface area (Å²) in [5.41, 5.74) is 0.938. The Balaban J connectivity index is 1.65. The number of rotatable bonds is 3. The van der Waals surface area contributed by atoms with E-state index in [-0.39, 0.29) is 12.0 Å². The van der Waals surface area contributed by atoms with Crippen molar-refractivity contribution >= 4 is 33.6 Å². The third-order valence-corrected chi connectivity index (χ3v) is 5.68. The SMILES string of the molecule is Cc1nn(C)c2sc(C(=O)N3CCCN(C(=O)OCC(C)C)CC3)cc12. The lowest BCUT2D eigenvalue weighted by atomic mass is 10.2. The van der Waals surface area contributed by atoms with Crippen LogP contribution < -0.4 is 0 Å². The number of hydrogen-bond acceptors (Lipinski definition) is 5. The molecule has 1 aliphatic rings. The Morgan fingerprint density at radius 2 is 1.92 bits per heavy atom. The topological polar surface area (TPSA) is 67.7 Å². The number of ether oxygens (including phenoxy) is 1. The fourth-order valence-electron chi connectivity index (χ4n) is 3.10. The molecule has 2 amide bonds. The van der Waals surface area contributed by atoms with Crippen LogP contribution in [0.5, 0.6) is 0 Å². The van der Waals surface area contributed by atoms with Gasteiger partial charge in [-0.3, -0.25) is 9.48 Å². The van der Waals surface area contributed by atoms with Crippen LogP contribution in [-0.2, 0) is 11.8 Å². The summed E-state index contributed by atoms with van der Waals surface area (Å²) in [4.78, 5) is 30.3. The number of carbonyl (C=O) groups is 2. The third kappa shape index (κ3) is 3.85. The summed E-state index contributed by atoms with van der Waals surface area (Å²) in [6, 6.07) is 1.93. The molecule has 1 aliphatic heterocycles. The maximum Gasteiger partial charge on any atom is 0.409 e. The van der Waals surface area contributed by atoms with Gasteiger partial charge in [-0.05, 0) is 25.3 Å². The molecule has 0 spiro atoms. The highest BCUT2D eigenvalue weighted by Crippen LogP contribution is 2.28. The van der Waals surface area contributed by atoms with Crippen LogP contribution in [0.15, 0.2) is 6.07 Å². The Labute approximate surface area is 157 Å². The number of thiophene rings is 1. The van der Waals surface area contributed by atoms with Crippen LogP contribution in [0.2, 0.25) is 0 Å². The van der Waals surface area contributed by atoms with Gasteiger partial charge in [0.25, 0.3) is 5.91 Å². The molecule has 2 aromatic heterocycles. The van der Waals surface area contributed by atoms with E-state index in [4.69, 9.17) is 4.74 Å². The van der Waals surface area contributed by atoms with Gasteiger partial charge in [0.05, 0.1) is 17.2 Å². The van der Waals surface area contributed by atoms with Gasteiger partial charge in [0.15, 0.2) is 0 Å². The molecule has 0 N–H and O–H groups in total. The molecule has 142 valence electrons. The van der Waals surface area contributed by atoms with Crippen molar-refractivity contribution in [3.05, 3.63) is 16.6 Å². The molecule has 0 aromatic carbocycles. The first-order valence-electron chi connectivity index (χ1n) is 9.01. The van der Waals surface area contributed by atoms with Crippen LogP contribution in [0, 0.1) is 12.8 Å². The van der Waals surface area contributed by atoms with Crippen molar-refractivity contribution in [2.75, 3.05) is 32.8 Å². The van der Waals surface area contributed by atoms with E-state index in [1.165, 1.54) is 11.3 Å². The lowest BCUT2D eigenvalue weighted by Gasteiger charge is -2.21. The average Bonchev–Trinajstić information content (AvgIpc) is 3.04. The number of nitrogens with zero attached hydrogens (tertiary/aromatic N) is 4. The second-order valence-electron chi connectivity index (χ2n) is 7.14. The normalized spacial score (nSPS) is 15.6. The van der Waals surface area contributed by atoms with Gasteiger partial charge in [-0.1, -0.05) is 13.8 Å². The Hall–Kier alpha value is -2.09.